The molecular weight excluding hydrogens is 325 g/mol. The zero-order valence-electron chi connectivity index (χ0n) is 12.3. The Morgan fingerprint density at radius 2 is 2.10 bits per heavy atom. The first-order valence-electron chi connectivity index (χ1n) is 6.68. The first-order valence-corrected chi connectivity index (χ1v) is 7.47. The largest absolute Gasteiger partial charge is 0.444 e. The molecule has 0 radical (unpaired) electrons. The van der Waals surface area contributed by atoms with Gasteiger partial charge in [0.1, 0.15) is 11.4 Å². The molecule has 0 heterocycles. The van der Waals surface area contributed by atoms with E-state index in [0.29, 0.717) is 16.5 Å². The molecule has 1 aromatic rings. The predicted molar refractivity (Wildman–Crippen MR) is 81.1 cm³/mol. The number of carbonyl (C=O) groups excluding carboxylic acids is 1. The highest BCUT2D eigenvalue weighted by molar-refractivity contribution is 9.10. The predicted octanol–water partition coefficient (Wildman–Crippen LogP) is 4.95. The summed E-state index contributed by atoms with van der Waals surface area (Å²) in [5.74, 6) is -0.345. The summed E-state index contributed by atoms with van der Waals surface area (Å²) in [6.07, 6.45) is 0.939. The minimum Gasteiger partial charge on any atom is -0.444 e. The maximum atomic E-state index is 14.1. The summed E-state index contributed by atoms with van der Waals surface area (Å²) in [7, 11) is 0. The number of alkyl carbamates (subject to hydrolysis) is 1. The summed E-state index contributed by atoms with van der Waals surface area (Å²) in [6, 6.07) is 4.67. The quantitative estimate of drug-likeness (QED) is 0.837. The number of amides is 1. The average molecular weight is 346 g/mol. The van der Waals surface area contributed by atoms with Crippen molar-refractivity contribution in [2.75, 3.05) is 0 Å². The second-order valence-electron chi connectivity index (χ2n) is 5.63. The molecule has 5 heteroatoms. The van der Waals surface area contributed by atoms with Gasteiger partial charge in [-0.15, -0.1) is 0 Å². The average Bonchev–Trinajstić information content (AvgIpc) is 2.30. The Hall–Kier alpha value is -1.10. The smallest absolute Gasteiger partial charge is 0.408 e. The number of benzene rings is 1. The number of ether oxygens (including phenoxy) is 1. The summed E-state index contributed by atoms with van der Waals surface area (Å²) in [6.45, 7) is 7.36. The SMILES string of the molecule is CCCC(NC(=O)OC(C)(C)C)c1cccc(Br)c1F. The number of rotatable bonds is 4. The molecule has 20 heavy (non-hydrogen) atoms. The maximum absolute atomic E-state index is 14.1. The van der Waals surface area contributed by atoms with Crippen molar-refractivity contribution in [1.29, 1.82) is 0 Å². The standard InChI is InChI=1S/C15H21BrFNO2/c1-5-7-12(18-14(19)20-15(2,3)4)10-8-6-9-11(16)13(10)17/h6,8-9,12H,5,7H2,1-4H3,(H,18,19). The molecule has 0 saturated carbocycles. The van der Waals surface area contributed by atoms with Gasteiger partial charge >= 0.3 is 6.09 Å². The molecule has 0 spiro atoms. The van der Waals surface area contributed by atoms with Crippen molar-refractivity contribution in [1.82, 2.24) is 5.32 Å². The van der Waals surface area contributed by atoms with E-state index in [2.05, 4.69) is 21.2 Å². The van der Waals surface area contributed by atoms with Crippen molar-refractivity contribution < 1.29 is 13.9 Å². The molecule has 3 nitrogen and oxygen atoms in total. The zero-order chi connectivity index (χ0) is 15.3. The van der Waals surface area contributed by atoms with Crippen molar-refractivity contribution >= 4 is 22.0 Å². The van der Waals surface area contributed by atoms with Gasteiger partial charge in [0.2, 0.25) is 0 Å². The molecule has 1 rings (SSSR count). The summed E-state index contributed by atoms with van der Waals surface area (Å²) < 4.78 is 19.7. The Bertz CT molecular complexity index is 471. The van der Waals surface area contributed by atoms with Crippen LogP contribution in [0.3, 0.4) is 0 Å². The summed E-state index contributed by atoms with van der Waals surface area (Å²) in [5, 5.41) is 2.74. The lowest BCUT2D eigenvalue weighted by Crippen LogP contribution is -2.35. The molecule has 0 aliphatic carbocycles. The van der Waals surface area contributed by atoms with Crippen LogP contribution in [0, 0.1) is 5.82 Å². The molecule has 1 N–H and O–H groups in total. The van der Waals surface area contributed by atoms with Gasteiger partial charge in [-0.05, 0) is 49.2 Å². The Morgan fingerprint density at radius 1 is 1.45 bits per heavy atom. The van der Waals surface area contributed by atoms with Crippen molar-refractivity contribution in [3.63, 3.8) is 0 Å². The number of hydrogen-bond acceptors (Lipinski definition) is 2. The van der Waals surface area contributed by atoms with Crippen LogP contribution in [-0.4, -0.2) is 11.7 Å². The highest BCUT2D eigenvalue weighted by atomic mass is 79.9. The van der Waals surface area contributed by atoms with E-state index in [1.165, 1.54) is 0 Å². The molecule has 1 atom stereocenters. The van der Waals surface area contributed by atoms with Gasteiger partial charge in [-0.25, -0.2) is 9.18 Å². The minimum absolute atomic E-state index is 0.345. The summed E-state index contributed by atoms with van der Waals surface area (Å²) in [4.78, 5) is 11.8. The second-order valence-corrected chi connectivity index (χ2v) is 6.48. The van der Waals surface area contributed by atoms with Crippen LogP contribution in [0.1, 0.15) is 52.1 Å². The van der Waals surface area contributed by atoms with E-state index in [-0.39, 0.29) is 5.82 Å². The highest BCUT2D eigenvalue weighted by Gasteiger charge is 2.22. The Kier molecular flexibility index (Phi) is 5.99. The number of hydrogen-bond donors (Lipinski definition) is 1. The molecule has 112 valence electrons. The number of nitrogens with one attached hydrogen (secondary N) is 1. The van der Waals surface area contributed by atoms with E-state index in [1.807, 2.05) is 6.92 Å². The first kappa shape index (κ1) is 17.0. The zero-order valence-corrected chi connectivity index (χ0v) is 13.9. The fraction of sp³-hybridized carbons (Fsp3) is 0.533. The molecule has 0 aromatic heterocycles. The minimum atomic E-state index is -0.573. The van der Waals surface area contributed by atoms with E-state index in [0.717, 1.165) is 6.42 Å². The van der Waals surface area contributed by atoms with Crippen LogP contribution in [0.2, 0.25) is 0 Å². The van der Waals surface area contributed by atoms with E-state index >= 15 is 0 Å². The van der Waals surface area contributed by atoms with Gasteiger partial charge in [0.25, 0.3) is 0 Å². The van der Waals surface area contributed by atoms with Gasteiger partial charge < -0.3 is 10.1 Å². The van der Waals surface area contributed by atoms with Gasteiger partial charge in [-0.3, -0.25) is 0 Å². The van der Waals surface area contributed by atoms with Crippen molar-refractivity contribution in [3.8, 4) is 0 Å². The molecule has 1 unspecified atom stereocenters. The van der Waals surface area contributed by atoms with Crippen LogP contribution in [0.5, 0.6) is 0 Å². The Balaban J connectivity index is 2.89. The molecule has 0 fully saturated rings. The lowest BCUT2D eigenvalue weighted by Gasteiger charge is -2.24. The third-order valence-corrected chi connectivity index (χ3v) is 3.24. The van der Waals surface area contributed by atoms with E-state index < -0.39 is 17.7 Å². The lowest BCUT2D eigenvalue weighted by molar-refractivity contribution is 0.0500. The van der Waals surface area contributed by atoms with Crippen molar-refractivity contribution in [2.24, 2.45) is 0 Å². The Morgan fingerprint density at radius 3 is 2.65 bits per heavy atom. The highest BCUT2D eigenvalue weighted by Crippen LogP contribution is 2.26. The number of halogens is 2. The van der Waals surface area contributed by atoms with Gasteiger partial charge in [0.05, 0.1) is 10.5 Å². The third kappa shape index (κ3) is 5.12. The molecule has 0 saturated heterocycles. The molecular formula is C15H21BrFNO2. The molecule has 0 aliphatic heterocycles. The second kappa shape index (κ2) is 7.07. The topological polar surface area (TPSA) is 38.3 Å². The molecule has 0 bridgehead atoms. The van der Waals surface area contributed by atoms with Crippen LogP contribution in [0.25, 0.3) is 0 Å². The van der Waals surface area contributed by atoms with E-state index in [9.17, 15) is 9.18 Å². The van der Waals surface area contributed by atoms with Gasteiger partial charge in [0, 0.05) is 5.56 Å². The fourth-order valence-electron chi connectivity index (χ4n) is 1.83. The van der Waals surface area contributed by atoms with Crippen LogP contribution >= 0.6 is 15.9 Å². The van der Waals surface area contributed by atoms with Crippen LogP contribution < -0.4 is 5.32 Å². The summed E-state index contributed by atoms with van der Waals surface area (Å²) >= 11 is 3.16. The van der Waals surface area contributed by atoms with E-state index in [4.69, 9.17) is 4.74 Å². The third-order valence-electron chi connectivity index (χ3n) is 2.63. The molecule has 1 aromatic carbocycles. The summed E-state index contributed by atoms with van der Waals surface area (Å²) in [5.41, 5.74) is -0.108. The van der Waals surface area contributed by atoms with Crippen molar-refractivity contribution in [3.05, 3.63) is 34.1 Å². The normalized spacial score (nSPS) is 12.9. The lowest BCUT2D eigenvalue weighted by atomic mass is 10.0. The van der Waals surface area contributed by atoms with E-state index in [1.54, 1.807) is 39.0 Å². The van der Waals surface area contributed by atoms with Crippen LogP contribution in [0.15, 0.2) is 22.7 Å². The molecule has 1 amide bonds. The van der Waals surface area contributed by atoms with Crippen LogP contribution in [-0.2, 0) is 4.74 Å². The van der Waals surface area contributed by atoms with Crippen molar-refractivity contribution in [2.45, 2.75) is 52.2 Å². The fourth-order valence-corrected chi connectivity index (χ4v) is 2.22. The van der Waals surface area contributed by atoms with Gasteiger partial charge in [-0.2, -0.15) is 0 Å². The first-order chi connectivity index (χ1) is 9.24. The van der Waals surface area contributed by atoms with Crippen LogP contribution in [0.4, 0.5) is 9.18 Å². The van der Waals surface area contributed by atoms with Gasteiger partial charge in [0.15, 0.2) is 0 Å². The maximum Gasteiger partial charge on any atom is 0.408 e. The Labute approximate surface area is 128 Å². The van der Waals surface area contributed by atoms with Gasteiger partial charge in [-0.1, -0.05) is 25.5 Å². The number of carbonyl (C=O) groups is 1. The molecule has 0 aliphatic rings. The monoisotopic (exact) mass is 345 g/mol.